The van der Waals surface area contributed by atoms with Gasteiger partial charge in [0.1, 0.15) is 0 Å². The first-order valence-corrected chi connectivity index (χ1v) is 5.63. The van der Waals surface area contributed by atoms with E-state index in [1.807, 2.05) is 6.92 Å². The molecule has 1 saturated heterocycles. The number of aliphatic hydroxyl groups excluding tert-OH is 2. The Balaban J connectivity index is 1.91. The van der Waals surface area contributed by atoms with Crippen LogP contribution in [0.25, 0.3) is 0 Å². The fraction of sp³-hybridized carbons (Fsp3) is 1.00. The Morgan fingerprint density at radius 2 is 2.00 bits per heavy atom. The van der Waals surface area contributed by atoms with Crippen molar-refractivity contribution in [2.45, 2.75) is 32.2 Å². The lowest BCUT2D eigenvalue weighted by molar-refractivity contribution is 0.0261. The van der Waals surface area contributed by atoms with Crippen LogP contribution in [-0.2, 0) is 0 Å². The molecular weight excluding hydrogens is 178 g/mol. The Morgan fingerprint density at radius 3 is 2.43 bits per heavy atom. The average Bonchev–Trinajstić information content (AvgIpc) is 2.79. The first-order valence-electron chi connectivity index (χ1n) is 5.63. The van der Waals surface area contributed by atoms with E-state index in [1.54, 1.807) is 0 Å². The van der Waals surface area contributed by atoms with E-state index in [1.165, 1.54) is 25.8 Å². The first kappa shape index (κ1) is 10.4. The minimum Gasteiger partial charge on any atom is -0.396 e. The van der Waals surface area contributed by atoms with Crippen LogP contribution in [0.1, 0.15) is 26.2 Å². The van der Waals surface area contributed by atoms with Crippen LogP contribution in [0.4, 0.5) is 0 Å². The maximum atomic E-state index is 9.23. The van der Waals surface area contributed by atoms with Gasteiger partial charge in [-0.2, -0.15) is 0 Å². The fourth-order valence-corrected chi connectivity index (χ4v) is 2.86. The second-order valence-corrected chi connectivity index (χ2v) is 5.39. The minimum absolute atomic E-state index is 0.0807. The average molecular weight is 199 g/mol. The zero-order valence-corrected chi connectivity index (χ0v) is 8.95. The van der Waals surface area contributed by atoms with E-state index in [4.69, 9.17) is 0 Å². The van der Waals surface area contributed by atoms with E-state index in [9.17, 15) is 10.2 Å². The van der Waals surface area contributed by atoms with Crippen molar-refractivity contribution in [3.8, 4) is 0 Å². The van der Waals surface area contributed by atoms with Crippen LogP contribution in [-0.4, -0.2) is 47.5 Å². The van der Waals surface area contributed by atoms with Crippen molar-refractivity contribution < 1.29 is 10.2 Å². The van der Waals surface area contributed by atoms with Crippen molar-refractivity contribution >= 4 is 0 Å². The number of rotatable bonds is 4. The standard InChI is InChI=1S/C11H21NO2/c1-11(7-13,8-14)6-12-5-9-2-3-10(12)4-9/h9-10,13-14H,2-8H2,1H3. The molecule has 2 aliphatic rings. The van der Waals surface area contributed by atoms with E-state index in [0.29, 0.717) is 0 Å². The third kappa shape index (κ3) is 1.81. The number of nitrogens with zero attached hydrogens (tertiary/aromatic N) is 1. The molecule has 3 nitrogen and oxygen atoms in total. The predicted molar refractivity (Wildman–Crippen MR) is 55.0 cm³/mol. The quantitative estimate of drug-likeness (QED) is 0.691. The first-order chi connectivity index (χ1) is 6.67. The van der Waals surface area contributed by atoms with Crippen LogP contribution in [0.3, 0.4) is 0 Å². The van der Waals surface area contributed by atoms with Crippen LogP contribution in [0.5, 0.6) is 0 Å². The molecule has 2 unspecified atom stereocenters. The zero-order chi connectivity index (χ0) is 10.2. The molecule has 3 heteroatoms. The molecule has 2 rings (SSSR count). The summed E-state index contributed by atoms with van der Waals surface area (Å²) in [6, 6.07) is 0.734. The summed E-state index contributed by atoms with van der Waals surface area (Å²) in [6.45, 7) is 4.15. The predicted octanol–water partition coefficient (Wildman–Crippen LogP) is 0.462. The van der Waals surface area contributed by atoms with Gasteiger partial charge in [-0.25, -0.2) is 0 Å². The van der Waals surface area contributed by atoms with Gasteiger partial charge in [-0.3, -0.25) is 4.90 Å². The molecule has 2 N–H and O–H groups in total. The summed E-state index contributed by atoms with van der Waals surface area (Å²) < 4.78 is 0. The zero-order valence-electron chi connectivity index (χ0n) is 8.95. The van der Waals surface area contributed by atoms with Crippen LogP contribution >= 0.6 is 0 Å². The second kappa shape index (κ2) is 3.80. The third-order valence-corrected chi connectivity index (χ3v) is 3.87. The van der Waals surface area contributed by atoms with Crippen molar-refractivity contribution in [2.75, 3.05) is 26.3 Å². The number of hydrogen-bond donors (Lipinski definition) is 2. The molecule has 2 bridgehead atoms. The molecule has 0 spiro atoms. The number of piperidine rings is 1. The number of likely N-dealkylation sites (tertiary alicyclic amines) is 1. The van der Waals surface area contributed by atoms with Crippen LogP contribution < -0.4 is 0 Å². The number of aliphatic hydroxyl groups is 2. The van der Waals surface area contributed by atoms with E-state index < -0.39 is 0 Å². The number of fused-ring (bicyclic) bond motifs is 2. The monoisotopic (exact) mass is 199 g/mol. The molecular formula is C11H21NO2. The van der Waals surface area contributed by atoms with Crippen molar-refractivity contribution in [1.82, 2.24) is 4.90 Å². The van der Waals surface area contributed by atoms with Gasteiger partial charge >= 0.3 is 0 Å². The van der Waals surface area contributed by atoms with Crippen molar-refractivity contribution in [2.24, 2.45) is 11.3 Å². The Kier molecular flexibility index (Phi) is 2.82. The van der Waals surface area contributed by atoms with Crippen LogP contribution in [0.15, 0.2) is 0 Å². The highest BCUT2D eigenvalue weighted by Gasteiger charge is 2.40. The maximum Gasteiger partial charge on any atom is 0.0519 e. The molecule has 0 radical (unpaired) electrons. The fourth-order valence-electron chi connectivity index (χ4n) is 2.86. The molecule has 2 atom stereocenters. The van der Waals surface area contributed by atoms with Crippen molar-refractivity contribution in [3.63, 3.8) is 0 Å². The highest BCUT2D eigenvalue weighted by atomic mass is 16.3. The lowest BCUT2D eigenvalue weighted by Crippen LogP contribution is -2.44. The van der Waals surface area contributed by atoms with Crippen molar-refractivity contribution in [1.29, 1.82) is 0 Å². The molecule has 1 saturated carbocycles. The third-order valence-electron chi connectivity index (χ3n) is 3.87. The topological polar surface area (TPSA) is 43.7 Å². The Hall–Kier alpha value is -0.120. The summed E-state index contributed by atoms with van der Waals surface area (Å²) in [6.07, 6.45) is 4.04. The SMILES string of the molecule is CC(CO)(CO)CN1CC2CCC1C2. The Labute approximate surface area is 85.7 Å². The van der Waals surface area contributed by atoms with Gasteiger partial charge in [-0.05, 0) is 25.2 Å². The summed E-state index contributed by atoms with van der Waals surface area (Å²) in [4.78, 5) is 2.46. The van der Waals surface area contributed by atoms with Gasteiger partial charge in [-0.1, -0.05) is 6.92 Å². The highest BCUT2D eigenvalue weighted by Crippen LogP contribution is 2.38. The van der Waals surface area contributed by atoms with Gasteiger partial charge in [0.2, 0.25) is 0 Å². The van der Waals surface area contributed by atoms with E-state index in [0.717, 1.165) is 18.5 Å². The van der Waals surface area contributed by atoms with Gasteiger partial charge in [0.15, 0.2) is 0 Å². The summed E-state index contributed by atoms with van der Waals surface area (Å²) >= 11 is 0. The van der Waals surface area contributed by atoms with E-state index in [2.05, 4.69) is 4.90 Å². The largest absolute Gasteiger partial charge is 0.396 e. The summed E-state index contributed by atoms with van der Waals surface area (Å²) in [7, 11) is 0. The molecule has 0 aromatic rings. The van der Waals surface area contributed by atoms with Gasteiger partial charge in [0.25, 0.3) is 0 Å². The normalized spacial score (nSPS) is 32.8. The Morgan fingerprint density at radius 1 is 1.29 bits per heavy atom. The van der Waals surface area contributed by atoms with Gasteiger partial charge in [-0.15, -0.1) is 0 Å². The molecule has 14 heavy (non-hydrogen) atoms. The molecule has 0 aromatic carbocycles. The number of hydrogen-bond acceptors (Lipinski definition) is 3. The summed E-state index contributed by atoms with van der Waals surface area (Å²) in [5, 5.41) is 18.5. The van der Waals surface area contributed by atoms with E-state index in [-0.39, 0.29) is 18.6 Å². The summed E-state index contributed by atoms with van der Waals surface area (Å²) in [5.74, 6) is 0.890. The highest BCUT2D eigenvalue weighted by molar-refractivity contribution is 4.94. The van der Waals surface area contributed by atoms with E-state index >= 15 is 0 Å². The molecule has 0 aromatic heterocycles. The molecule has 0 amide bonds. The lowest BCUT2D eigenvalue weighted by Gasteiger charge is -2.35. The lowest BCUT2D eigenvalue weighted by atomic mass is 9.91. The molecule has 1 heterocycles. The maximum absolute atomic E-state index is 9.23. The smallest absolute Gasteiger partial charge is 0.0519 e. The van der Waals surface area contributed by atoms with Gasteiger partial charge in [0, 0.05) is 24.5 Å². The Bertz CT molecular complexity index is 203. The molecule has 1 aliphatic carbocycles. The van der Waals surface area contributed by atoms with Crippen LogP contribution in [0, 0.1) is 11.3 Å². The molecule has 1 aliphatic heterocycles. The second-order valence-electron chi connectivity index (χ2n) is 5.39. The van der Waals surface area contributed by atoms with Crippen LogP contribution in [0.2, 0.25) is 0 Å². The van der Waals surface area contributed by atoms with Gasteiger partial charge in [0.05, 0.1) is 13.2 Å². The molecule has 82 valence electrons. The van der Waals surface area contributed by atoms with Crippen molar-refractivity contribution in [3.05, 3.63) is 0 Å². The molecule has 2 fully saturated rings. The minimum atomic E-state index is -0.315. The van der Waals surface area contributed by atoms with Gasteiger partial charge < -0.3 is 10.2 Å². The summed E-state index contributed by atoms with van der Waals surface area (Å²) in [5.41, 5.74) is -0.315.